The highest BCUT2D eigenvalue weighted by molar-refractivity contribution is 5.89. The molecule has 1 unspecified atom stereocenters. The van der Waals surface area contributed by atoms with Crippen molar-refractivity contribution in [2.45, 2.75) is 25.2 Å². The van der Waals surface area contributed by atoms with Crippen LogP contribution in [0.25, 0.3) is 0 Å². The van der Waals surface area contributed by atoms with Crippen LogP contribution < -0.4 is 4.74 Å². The van der Waals surface area contributed by atoms with Crippen molar-refractivity contribution in [1.82, 2.24) is 4.98 Å². The number of methoxy groups -OCH3 is 2. The predicted molar refractivity (Wildman–Crippen MR) is 69.1 cm³/mol. The molecule has 0 fully saturated rings. The van der Waals surface area contributed by atoms with Crippen LogP contribution in [0, 0.1) is 0 Å². The minimum Gasteiger partial charge on any atom is -0.511 e. The lowest BCUT2D eigenvalue weighted by atomic mass is 9.84. The third-order valence-corrected chi connectivity index (χ3v) is 3.36. The number of aromatic nitrogens is 1. The van der Waals surface area contributed by atoms with Gasteiger partial charge in [0.15, 0.2) is 0 Å². The molecule has 0 bridgehead atoms. The second-order valence-corrected chi connectivity index (χ2v) is 4.43. The number of allylic oxidation sites excluding steroid dienone is 1. The molecule has 5 nitrogen and oxygen atoms in total. The number of carbonyl (C=O) groups excluding carboxylic acids is 1. The van der Waals surface area contributed by atoms with E-state index in [0.717, 1.165) is 18.4 Å². The first-order valence-electron chi connectivity index (χ1n) is 6.17. The smallest absolute Gasteiger partial charge is 0.337 e. The van der Waals surface area contributed by atoms with Crippen LogP contribution in [0.2, 0.25) is 0 Å². The lowest BCUT2D eigenvalue weighted by molar-refractivity contribution is -0.136. The van der Waals surface area contributed by atoms with Gasteiger partial charge in [-0.1, -0.05) is 6.07 Å². The summed E-state index contributed by atoms with van der Waals surface area (Å²) in [7, 11) is 2.87. The summed E-state index contributed by atoms with van der Waals surface area (Å²) in [5.41, 5.74) is 1.24. The summed E-state index contributed by atoms with van der Waals surface area (Å²) in [6.45, 7) is 0. The van der Waals surface area contributed by atoms with Gasteiger partial charge in [-0.25, -0.2) is 9.78 Å². The van der Waals surface area contributed by atoms with Gasteiger partial charge in [-0.2, -0.15) is 0 Å². The lowest BCUT2D eigenvalue weighted by Crippen LogP contribution is -2.17. The highest BCUT2D eigenvalue weighted by Gasteiger charge is 2.28. The van der Waals surface area contributed by atoms with Gasteiger partial charge >= 0.3 is 5.97 Å². The summed E-state index contributed by atoms with van der Waals surface area (Å²) in [4.78, 5) is 15.7. The zero-order chi connectivity index (χ0) is 13.8. The number of ether oxygens (including phenoxy) is 2. The molecule has 1 N–H and O–H groups in total. The fourth-order valence-corrected chi connectivity index (χ4v) is 2.33. The average Bonchev–Trinajstić information content (AvgIpc) is 2.47. The van der Waals surface area contributed by atoms with Crippen molar-refractivity contribution in [3.8, 4) is 5.88 Å². The summed E-state index contributed by atoms with van der Waals surface area (Å²) in [5.74, 6) is -0.0220. The molecule has 0 aromatic carbocycles. The summed E-state index contributed by atoms with van der Waals surface area (Å²) in [5, 5.41) is 10.2. The highest BCUT2D eigenvalue weighted by Crippen LogP contribution is 2.36. The Kier molecular flexibility index (Phi) is 4.04. The van der Waals surface area contributed by atoms with E-state index in [1.54, 1.807) is 19.4 Å². The topological polar surface area (TPSA) is 68.7 Å². The highest BCUT2D eigenvalue weighted by atomic mass is 16.5. The molecule has 0 saturated carbocycles. The SMILES string of the molecule is COC(=O)C1=C(O)C(c2ccc(OC)nc2)CCC1. The van der Waals surface area contributed by atoms with E-state index < -0.39 is 5.97 Å². The fraction of sp³-hybridized carbons (Fsp3) is 0.429. The van der Waals surface area contributed by atoms with Gasteiger partial charge in [0.2, 0.25) is 5.88 Å². The predicted octanol–water partition coefficient (Wildman–Crippen LogP) is 2.34. The van der Waals surface area contributed by atoms with Gasteiger partial charge in [0, 0.05) is 18.2 Å². The molecule has 2 rings (SSSR count). The molecule has 102 valence electrons. The van der Waals surface area contributed by atoms with Crippen molar-refractivity contribution in [3.63, 3.8) is 0 Å². The number of hydrogen-bond acceptors (Lipinski definition) is 5. The number of hydrogen-bond donors (Lipinski definition) is 1. The number of aliphatic hydroxyl groups is 1. The first-order chi connectivity index (χ1) is 9.17. The van der Waals surface area contributed by atoms with Crippen molar-refractivity contribution in [2.75, 3.05) is 14.2 Å². The van der Waals surface area contributed by atoms with Gasteiger partial charge in [0.25, 0.3) is 0 Å². The van der Waals surface area contributed by atoms with Gasteiger partial charge in [0.1, 0.15) is 5.76 Å². The van der Waals surface area contributed by atoms with Crippen molar-refractivity contribution in [1.29, 1.82) is 0 Å². The van der Waals surface area contributed by atoms with E-state index in [1.165, 1.54) is 7.11 Å². The lowest BCUT2D eigenvalue weighted by Gasteiger charge is -2.23. The number of nitrogens with zero attached hydrogens (tertiary/aromatic N) is 1. The Labute approximate surface area is 111 Å². The molecule has 0 spiro atoms. The average molecular weight is 263 g/mol. The first-order valence-corrected chi connectivity index (χ1v) is 6.17. The molecule has 0 amide bonds. The maximum atomic E-state index is 11.6. The number of esters is 1. The van der Waals surface area contributed by atoms with Crippen LogP contribution in [-0.2, 0) is 9.53 Å². The van der Waals surface area contributed by atoms with Crippen molar-refractivity contribution >= 4 is 5.97 Å². The Bertz CT molecular complexity index is 493. The van der Waals surface area contributed by atoms with E-state index in [4.69, 9.17) is 4.74 Å². The second-order valence-electron chi connectivity index (χ2n) is 4.43. The zero-order valence-electron chi connectivity index (χ0n) is 11.0. The fourth-order valence-electron chi connectivity index (χ4n) is 2.33. The van der Waals surface area contributed by atoms with Crippen LogP contribution in [-0.4, -0.2) is 30.3 Å². The van der Waals surface area contributed by atoms with Crippen molar-refractivity contribution in [3.05, 3.63) is 35.2 Å². The molecule has 19 heavy (non-hydrogen) atoms. The number of pyridine rings is 1. The van der Waals surface area contributed by atoms with Crippen LogP contribution in [0.5, 0.6) is 5.88 Å². The van der Waals surface area contributed by atoms with E-state index in [0.29, 0.717) is 17.9 Å². The molecule has 0 radical (unpaired) electrons. The Morgan fingerprint density at radius 3 is 2.79 bits per heavy atom. The van der Waals surface area contributed by atoms with Gasteiger partial charge in [-0.05, 0) is 24.8 Å². The Balaban J connectivity index is 2.30. The van der Waals surface area contributed by atoms with Gasteiger partial charge in [-0.15, -0.1) is 0 Å². The molecule has 1 atom stereocenters. The monoisotopic (exact) mass is 263 g/mol. The Hall–Kier alpha value is -2.04. The van der Waals surface area contributed by atoms with Gasteiger partial charge < -0.3 is 14.6 Å². The number of aliphatic hydroxyl groups excluding tert-OH is 1. The third-order valence-electron chi connectivity index (χ3n) is 3.36. The minimum atomic E-state index is -0.455. The van der Waals surface area contributed by atoms with E-state index in [2.05, 4.69) is 9.72 Å². The third kappa shape index (κ3) is 2.70. The largest absolute Gasteiger partial charge is 0.511 e. The van der Waals surface area contributed by atoms with E-state index in [1.807, 2.05) is 6.07 Å². The standard InChI is InChI=1S/C14H17NO4/c1-18-12-7-6-9(8-15-12)10-4-3-5-11(13(10)16)14(17)19-2/h6-8,10,16H,3-5H2,1-2H3. The zero-order valence-corrected chi connectivity index (χ0v) is 11.0. The molecular formula is C14H17NO4. The summed E-state index contributed by atoms with van der Waals surface area (Å²) in [6, 6.07) is 3.60. The molecule has 0 aliphatic heterocycles. The maximum absolute atomic E-state index is 11.6. The van der Waals surface area contributed by atoms with E-state index in [9.17, 15) is 9.90 Å². The number of carbonyl (C=O) groups is 1. The van der Waals surface area contributed by atoms with Crippen molar-refractivity contribution in [2.24, 2.45) is 0 Å². The Morgan fingerprint density at radius 1 is 1.42 bits per heavy atom. The summed E-state index contributed by atoms with van der Waals surface area (Å²) < 4.78 is 9.69. The molecule has 1 aromatic rings. The Morgan fingerprint density at radius 2 is 2.21 bits per heavy atom. The second kappa shape index (κ2) is 5.73. The first kappa shape index (κ1) is 13.4. The normalized spacial score (nSPS) is 19.2. The maximum Gasteiger partial charge on any atom is 0.337 e. The minimum absolute atomic E-state index is 0.102. The molecule has 1 aliphatic carbocycles. The van der Waals surface area contributed by atoms with E-state index in [-0.39, 0.29) is 11.7 Å². The molecule has 1 aromatic heterocycles. The van der Waals surface area contributed by atoms with E-state index >= 15 is 0 Å². The van der Waals surface area contributed by atoms with Crippen LogP contribution >= 0.6 is 0 Å². The van der Waals surface area contributed by atoms with Crippen LogP contribution in [0.4, 0.5) is 0 Å². The van der Waals surface area contributed by atoms with Crippen molar-refractivity contribution < 1.29 is 19.4 Å². The molecule has 5 heteroatoms. The van der Waals surface area contributed by atoms with Gasteiger partial charge in [0.05, 0.1) is 19.8 Å². The van der Waals surface area contributed by atoms with Crippen LogP contribution in [0.15, 0.2) is 29.7 Å². The van der Waals surface area contributed by atoms with Gasteiger partial charge in [-0.3, -0.25) is 0 Å². The molecule has 1 aliphatic rings. The molecular weight excluding hydrogens is 246 g/mol. The quantitative estimate of drug-likeness (QED) is 0.848. The number of rotatable bonds is 3. The molecule has 0 saturated heterocycles. The summed E-state index contributed by atoms with van der Waals surface area (Å²) in [6.07, 6.45) is 3.85. The molecule has 1 heterocycles. The summed E-state index contributed by atoms with van der Waals surface area (Å²) >= 11 is 0. The van der Waals surface area contributed by atoms with Crippen LogP contribution in [0.1, 0.15) is 30.7 Å². The van der Waals surface area contributed by atoms with Crippen LogP contribution in [0.3, 0.4) is 0 Å².